The van der Waals surface area contributed by atoms with E-state index in [1.165, 1.54) is 34.4 Å². The molecule has 1 aromatic heterocycles. The molecule has 0 saturated carbocycles. The van der Waals surface area contributed by atoms with E-state index in [0.29, 0.717) is 4.88 Å². The second-order valence-corrected chi connectivity index (χ2v) is 14.8. The van der Waals surface area contributed by atoms with Gasteiger partial charge in [0.05, 0.1) is 29.0 Å². The van der Waals surface area contributed by atoms with Gasteiger partial charge in [-0.05, 0) is 48.1 Å². The van der Waals surface area contributed by atoms with Crippen LogP contribution in [-0.2, 0) is 19.6 Å². The molecule has 3 aromatic rings. The van der Waals surface area contributed by atoms with Gasteiger partial charge in [-0.1, -0.05) is 68.1 Å². The first kappa shape index (κ1) is 32.8. The maximum atomic E-state index is 13.6. The maximum absolute atomic E-state index is 13.6. The first-order chi connectivity index (χ1) is 20.2. The minimum Gasteiger partial charge on any atom is -0.339 e. The predicted molar refractivity (Wildman–Crippen MR) is 170 cm³/mol. The van der Waals surface area contributed by atoms with Crippen LogP contribution in [0, 0.1) is 17.3 Å². The number of likely N-dealkylation sites (tertiary alicyclic amines) is 1. The van der Waals surface area contributed by atoms with Gasteiger partial charge >= 0.3 is 0 Å². The summed E-state index contributed by atoms with van der Waals surface area (Å²) in [5.41, 5.74) is -0.586. The Hall–Kier alpha value is -3.14. The van der Waals surface area contributed by atoms with Crippen LogP contribution in [-0.4, -0.2) is 74.2 Å². The zero-order valence-electron chi connectivity index (χ0n) is 24.1. The number of hydrogen-bond acceptors (Lipinski definition) is 6. The number of amides is 3. The van der Waals surface area contributed by atoms with Crippen molar-refractivity contribution in [2.24, 2.45) is 5.41 Å². The number of benzene rings is 2. The number of thiophene rings is 1. The van der Waals surface area contributed by atoms with E-state index in [0.717, 1.165) is 10.1 Å². The fourth-order valence-electron chi connectivity index (χ4n) is 4.56. The second-order valence-electron chi connectivity index (χ2n) is 11.2. The topological polar surface area (TPSA) is 116 Å². The molecule has 1 aliphatic heterocycles. The van der Waals surface area contributed by atoms with Gasteiger partial charge in [0.25, 0.3) is 5.91 Å². The maximum Gasteiger partial charge on any atom is 0.262 e. The molecule has 1 saturated heterocycles. The molecule has 2 heterocycles. The van der Waals surface area contributed by atoms with Gasteiger partial charge in [0, 0.05) is 22.8 Å². The number of nitrogens with one attached hydrogen (secondary N) is 2. The number of sulfonamides is 1. The molecule has 1 atom stereocenters. The van der Waals surface area contributed by atoms with Crippen molar-refractivity contribution in [2.45, 2.75) is 44.7 Å². The van der Waals surface area contributed by atoms with Crippen molar-refractivity contribution >= 4 is 72.4 Å². The summed E-state index contributed by atoms with van der Waals surface area (Å²) in [7, 11) is -4.13. The third-order valence-electron chi connectivity index (χ3n) is 7.00. The van der Waals surface area contributed by atoms with Crippen molar-refractivity contribution in [3.8, 4) is 11.8 Å². The Kier molecular flexibility index (Phi) is 10.1. The van der Waals surface area contributed by atoms with E-state index in [2.05, 4.69) is 21.9 Å². The number of halogens is 2. The number of rotatable bonds is 9. The summed E-state index contributed by atoms with van der Waals surface area (Å²) < 4.78 is 28.9. The Morgan fingerprint density at radius 2 is 1.81 bits per heavy atom. The Labute approximate surface area is 265 Å². The van der Waals surface area contributed by atoms with Gasteiger partial charge in [-0.3, -0.25) is 14.4 Å². The lowest BCUT2D eigenvalue weighted by molar-refractivity contribution is -0.148. The highest BCUT2D eigenvalue weighted by molar-refractivity contribution is 7.89. The van der Waals surface area contributed by atoms with Crippen LogP contribution >= 0.6 is 34.5 Å². The standard InChI is InChI=1S/C30H32Cl2N4O5S2/c1-5-6-13-36(26(37)16-33-43(40,41)25-15-20(31)11-12-22(25)32)21-17-35(18-21)29(39)27(30(2,3)4)34-28(38)24-14-19-9-7-8-10-23(19)42-24/h7-12,14-15,21,27,33H,13,16-18H2,1-4H3,(H,34,38)/t27-/m1/s1. The van der Waals surface area contributed by atoms with Crippen molar-refractivity contribution in [1.82, 2.24) is 19.8 Å². The predicted octanol–water partition coefficient (Wildman–Crippen LogP) is 4.39. The zero-order chi connectivity index (χ0) is 31.5. The number of hydrogen-bond donors (Lipinski definition) is 2. The highest BCUT2D eigenvalue weighted by Crippen LogP contribution is 2.29. The lowest BCUT2D eigenvalue weighted by Crippen LogP contribution is -2.67. The van der Waals surface area contributed by atoms with Crippen molar-refractivity contribution in [3.05, 3.63) is 63.5 Å². The van der Waals surface area contributed by atoms with Crippen LogP contribution in [0.25, 0.3) is 10.1 Å². The van der Waals surface area contributed by atoms with Crippen molar-refractivity contribution in [2.75, 3.05) is 26.2 Å². The molecule has 13 heteroatoms. The van der Waals surface area contributed by atoms with Gasteiger partial charge < -0.3 is 15.1 Å². The van der Waals surface area contributed by atoms with Gasteiger partial charge in [0.15, 0.2) is 0 Å². The molecule has 4 rings (SSSR count). The summed E-state index contributed by atoms with van der Waals surface area (Å²) in [6, 6.07) is 12.3. The van der Waals surface area contributed by atoms with E-state index in [9.17, 15) is 22.8 Å². The molecule has 9 nitrogen and oxygen atoms in total. The lowest BCUT2D eigenvalue weighted by atomic mass is 9.84. The van der Waals surface area contributed by atoms with E-state index in [4.69, 9.17) is 23.2 Å². The summed E-state index contributed by atoms with van der Waals surface area (Å²) in [5.74, 6) is 4.50. The van der Waals surface area contributed by atoms with Gasteiger partial charge in [-0.2, -0.15) is 0 Å². The number of nitrogens with zero attached hydrogens (tertiary/aromatic N) is 2. The first-order valence-corrected chi connectivity index (χ1v) is 16.5. The van der Waals surface area contributed by atoms with Crippen LogP contribution < -0.4 is 10.0 Å². The third kappa shape index (κ3) is 7.69. The quantitative estimate of drug-likeness (QED) is 0.330. The van der Waals surface area contributed by atoms with Crippen molar-refractivity contribution in [1.29, 1.82) is 0 Å². The van der Waals surface area contributed by atoms with Crippen LogP contribution in [0.15, 0.2) is 53.4 Å². The normalized spacial score (nSPS) is 14.4. The average Bonchev–Trinajstić information content (AvgIpc) is 3.36. The fraction of sp³-hybridized carbons (Fsp3) is 0.367. The number of fused-ring (bicyclic) bond motifs is 1. The molecule has 0 bridgehead atoms. The number of carbonyl (C=O) groups excluding carboxylic acids is 3. The van der Waals surface area contributed by atoms with Crippen LogP contribution in [0.3, 0.4) is 0 Å². The van der Waals surface area contributed by atoms with Gasteiger partial charge in [-0.25, -0.2) is 13.1 Å². The summed E-state index contributed by atoms with van der Waals surface area (Å²) in [4.78, 5) is 43.3. The van der Waals surface area contributed by atoms with E-state index in [-0.39, 0.29) is 52.4 Å². The molecule has 0 spiro atoms. The molecule has 3 amide bonds. The average molecular weight is 664 g/mol. The zero-order valence-corrected chi connectivity index (χ0v) is 27.3. The van der Waals surface area contributed by atoms with Crippen LogP contribution in [0.5, 0.6) is 0 Å². The first-order valence-electron chi connectivity index (χ1n) is 13.4. The molecule has 1 aliphatic rings. The SMILES string of the molecule is CC#CCN(C(=O)CNS(=O)(=O)c1cc(Cl)ccc1Cl)C1CN(C(=O)[C@@H](NC(=O)c2cc3ccccc3s2)C(C)(C)C)C1. The molecule has 0 unspecified atom stereocenters. The molecule has 43 heavy (non-hydrogen) atoms. The molecule has 0 radical (unpaired) electrons. The van der Waals surface area contributed by atoms with Crippen LogP contribution in [0.2, 0.25) is 10.0 Å². The number of carbonyl (C=O) groups is 3. The minimum atomic E-state index is -4.13. The molecular weight excluding hydrogens is 631 g/mol. The third-order valence-corrected chi connectivity index (χ3v) is 10.2. The Morgan fingerprint density at radius 3 is 2.47 bits per heavy atom. The molecule has 2 N–H and O–H groups in total. The summed E-state index contributed by atoms with van der Waals surface area (Å²) in [6.45, 7) is 7.23. The Bertz CT molecular complexity index is 1680. The molecule has 0 aliphatic carbocycles. The van der Waals surface area contributed by atoms with Crippen LogP contribution in [0.1, 0.15) is 37.4 Å². The molecule has 228 valence electrons. The molecule has 2 aromatic carbocycles. The van der Waals surface area contributed by atoms with Gasteiger partial charge in [0.2, 0.25) is 21.8 Å². The Morgan fingerprint density at radius 1 is 1.12 bits per heavy atom. The smallest absolute Gasteiger partial charge is 0.262 e. The van der Waals surface area contributed by atoms with Crippen molar-refractivity contribution < 1.29 is 22.8 Å². The van der Waals surface area contributed by atoms with Crippen molar-refractivity contribution in [3.63, 3.8) is 0 Å². The molecular formula is C30H32Cl2N4O5S2. The van der Waals surface area contributed by atoms with E-state index >= 15 is 0 Å². The fourth-order valence-corrected chi connectivity index (χ4v) is 7.26. The Balaban J connectivity index is 1.42. The summed E-state index contributed by atoms with van der Waals surface area (Å²) in [6.07, 6.45) is 0. The summed E-state index contributed by atoms with van der Waals surface area (Å²) >= 11 is 13.3. The largest absolute Gasteiger partial charge is 0.339 e. The van der Waals surface area contributed by atoms with Crippen LogP contribution in [0.4, 0.5) is 0 Å². The second kappa shape index (κ2) is 13.2. The van der Waals surface area contributed by atoms with E-state index in [1.807, 2.05) is 51.1 Å². The van der Waals surface area contributed by atoms with Gasteiger partial charge in [-0.15, -0.1) is 17.3 Å². The summed E-state index contributed by atoms with van der Waals surface area (Å²) in [5, 5.41) is 4.04. The highest BCUT2D eigenvalue weighted by Gasteiger charge is 2.43. The molecule has 1 fully saturated rings. The highest BCUT2D eigenvalue weighted by atomic mass is 35.5. The lowest BCUT2D eigenvalue weighted by Gasteiger charge is -2.47. The van der Waals surface area contributed by atoms with E-state index in [1.54, 1.807) is 11.8 Å². The minimum absolute atomic E-state index is 0.0287. The van der Waals surface area contributed by atoms with Gasteiger partial charge in [0.1, 0.15) is 10.9 Å². The van der Waals surface area contributed by atoms with E-state index < -0.39 is 33.9 Å². The monoisotopic (exact) mass is 662 g/mol.